The van der Waals surface area contributed by atoms with Gasteiger partial charge in [-0.15, -0.1) is 0 Å². The van der Waals surface area contributed by atoms with Crippen LogP contribution in [0, 0.1) is 27.8 Å². The number of benzene rings is 1. The highest BCUT2D eigenvalue weighted by Crippen LogP contribution is 2.39. The second kappa shape index (κ2) is 6.18. The molecule has 0 bridgehead atoms. The third-order valence-electron chi connectivity index (χ3n) is 3.89. The summed E-state index contributed by atoms with van der Waals surface area (Å²) in [5.74, 6) is -8.33. The van der Waals surface area contributed by atoms with Crippen LogP contribution < -0.4 is 5.73 Å². The first kappa shape index (κ1) is 18.4. The SMILES string of the molecule is Nc1c(C(=O)N2C[C@@H](C(F)(F)F)[C@H](C(=O)O)C2)cc(F)cc1[N+](=O)[O-]. The highest BCUT2D eigenvalue weighted by Gasteiger charge is 2.53. The largest absolute Gasteiger partial charge is 0.481 e. The molecule has 1 saturated heterocycles. The summed E-state index contributed by atoms with van der Waals surface area (Å²) in [4.78, 5) is 33.7. The second-order valence-electron chi connectivity index (χ2n) is 5.45. The molecular formula is C13H11F4N3O5. The zero-order valence-electron chi connectivity index (χ0n) is 12.3. The van der Waals surface area contributed by atoms with E-state index in [0.717, 1.165) is 0 Å². The highest BCUT2D eigenvalue weighted by molar-refractivity contribution is 6.01. The number of hydrogen-bond donors (Lipinski definition) is 2. The van der Waals surface area contributed by atoms with Gasteiger partial charge in [0.05, 0.1) is 28.4 Å². The van der Waals surface area contributed by atoms with Crippen molar-refractivity contribution in [1.29, 1.82) is 0 Å². The van der Waals surface area contributed by atoms with Crippen LogP contribution in [0.25, 0.3) is 0 Å². The van der Waals surface area contributed by atoms with Crippen molar-refractivity contribution in [2.24, 2.45) is 11.8 Å². The molecule has 136 valence electrons. The van der Waals surface area contributed by atoms with Gasteiger partial charge >= 0.3 is 12.1 Å². The number of carbonyl (C=O) groups excluding carboxylic acids is 1. The molecule has 8 nitrogen and oxygen atoms in total. The number of nitrogens with zero attached hydrogens (tertiary/aromatic N) is 2. The number of amides is 1. The lowest BCUT2D eigenvalue weighted by Crippen LogP contribution is -2.34. The molecule has 2 rings (SSSR count). The first-order chi connectivity index (χ1) is 11.4. The summed E-state index contributed by atoms with van der Waals surface area (Å²) >= 11 is 0. The zero-order chi connectivity index (χ0) is 19.1. The third kappa shape index (κ3) is 3.46. The molecule has 0 aliphatic carbocycles. The Kier molecular flexibility index (Phi) is 4.55. The van der Waals surface area contributed by atoms with Crippen molar-refractivity contribution in [3.05, 3.63) is 33.6 Å². The molecule has 0 unspecified atom stereocenters. The average Bonchev–Trinajstić information content (AvgIpc) is 2.94. The van der Waals surface area contributed by atoms with E-state index in [1.807, 2.05) is 0 Å². The van der Waals surface area contributed by atoms with E-state index in [-0.39, 0.29) is 0 Å². The van der Waals surface area contributed by atoms with Gasteiger partial charge in [0, 0.05) is 13.1 Å². The molecule has 0 spiro atoms. The number of anilines is 1. The summed E-state index contributed by atoms with van der Waals surface area (Å²) in [7, 11) is 0. The maximum absolute atomic E-state index is 13.5. The van der Waals surface area contributed by atoms with Gasteiger partial charge in [-0.25, -0.2) is 4.39 Å². The van der Waals surface area contributed by atoms with E-state index in [2.05, 4.69) is 0 Å². The number of carboxylic acid groups (broad SMARTS) is 1. The molecule has 1 aliphatic heterocycles. The fourth-order valence-corrected chi connectivity index (χ4v) is 2.65. The third-order valence-corrected chi connectivity index (χ3v) is 3.89. The van der Waals surface area contributed by atoms with Crippen molar-refractivity contribution >= 4 is 23.3 Å². The van der Waals surface area contributed by atoms with Gasteiger partial charge in [-0.05, 0) is 6.07 Å². The minimum absolute atomic E-state index is 0.467. The van der Waals surface area contributed by atoms with Crippen LogP contribution >= 0.6 is 0 Å². The second-order valence-corrected chi connectivity index (χ2v) is 5.45. The van der Waals surface area contributed by atoms with E-state index in [9.17, 15) is 37.3 Å². The first-order valence-corrected chi connectivity index (χ1v) is 6.75. The van der Waals surface area contributed by atoms with Crippen molar-refractivity contribution in [1.82, 2.24) is 4.90 Å². The zero-order valence-corrected chi connectivity index (χ0v) is 12.3. The van der Waals surface area contributed by atoms with Gasteiger partial charge < -0.3 is 15.7 Å². The van der Waals surface area contributed by atoms with Crippen LogP contribution in [-0.4, -0.2) is 46.1 Å². The van der Waals surface area contributed by atoms with Gasteiger partial charge in [0.25, 0.3) is 11.6 Å². The normalized spacial score (nSPS) is 20.6. The van der Waals surface area contributed by atoms with E-state index < -0.39 is 70.7 Å². The average molecular weight is 365 g/mol. The molecule has 12 heteroatoms. The maximum Gasteiger partial charge on any atom is 0.394 e. The van der Waals surface area contributed by atoms with Crippen LogP contribution in [0.15, 0.2) is 12.1 Å². The van der Waals surface area contributed by atoms with Crippen LogP contribution in [-0.2, 0) is 4.79 Å². The monoisotopic (exact) mass is 365 g/mol. The lowest BCUT2D eigenvalue weighted by molar-refractivity contribution is -0.384. The van der Waals surface area contributed by atoms with Crippen LogP contribution in [0.3, 0.4) is 0 Å². The fourth-order valence-electron chi connectivity index (χ4n) is 2.65. The summed E-state index contributed by atoms with van der Waals surface area (Å²) in [6.45, 7) is -1.74. The number of alkyl halides is 3. The molecule has 0 radical (unpaired) electrons. The van der Waals surface area contributed by atoms with E-state index in [1.54, 1.807) is 0 Å². The Morgan fingerprint density at radius 3 is 2.36 bits per heavy atom. The summed E-state index contributed by atoms with van der Waals surface area (Å²) in [5.41, 5.74) is 3.12. The predicted octanol–water partition coefficient (Wildman–Crippen LogP) is 1.65. The van der Waals surface area contributed by atoms with Gasteiger partial charge in [-0.2, -0.15) is 13.2 Å². The molecule has 1 aliphatic rings. The Labute approximate surface area is 137 Å². The van der Waals surface area contributed by atoms with Gasteiger partial charge in [-0.1, -0.05) is 0 Å². The molecule has 1 aromatic rings. The minimum atomic E-state index is -4.86. The molecule has 25 heavy (non-hydrogen) atoms. The number of carboxylic acids is 1. The van der Waals surface area contributed by atoms with Crippen LogP contribution in [0.5, 0.6) is 0 Å². The van der Waals surface area contributed by atoms with Crippen molar-refractivity contribution in [2.45, 2.75) is 6.18 Å². The first-order valence-electron chi connectivity index (χ1n) is 6.75. The van der Waals surface area contributed by atoms with Crippen LogP contribution in [0.2, 0.25) is 0 Å². The van der Waals surface area contributed by atoms with Gasteiger partial charge in [0.15, 0.2) is 0 Å². The number of nitro groups is 1. The molecule has 0 saturated carbocycles. The Bertz CT molecular complexity index is 752. The van der Waals surface area contributed by atoms with E-state index in [1.165, 1.54) is 0 Å². The number of carbonyl (C=O) groups is 2. The quantitative estimate of drug-likeness (QED) is 0.363. The number of nitro benzene ring substituents is 1. The Morgan fingerprint density at radius 2 is 1.92 bits per heavy atom. The van der Waals surface area contributed by atoms with Crippen molar-refractivity contribution < 1.29 is 37.2 Å². The number of nitrogen functional groups attached to an aromatic ring is 1. The maximum atomic E-state index is 13.5. The standard InChI is InChI=1S/C13H11F4N3O5/c14-5-1-6(10(18)9(2-5)20(24)25)11(21)19-3-7(12(22)23)8(4-19)13(15,16)17/h1-2,7-8H,3-4,18H2,(H,22,23)/t7-,8-/m1/s1. The highest BCUT2D eigenvalue weighted by atomic mass is 19.4. The van der Waals surface area contributed by atoms with Crippen LogP contribution in [0.1, 0.15) is 10.4 Å². The van der Waals surface area contributed by atoms with Crippen molar-refractivity contribution in [2.75, 3.05) is 18.8 Å². The Morgan fingerprint density at radius 1 is 1.32 bits per heavy atom. The lowest BCUT2D eigenvalue weighted by Gasteiger charge is -2.19. The molecule has 2 atom stereocenters. The topological polar surface area (TPSA) is 127 Å². The molecule has 1 fully saturated rings. The Hall–Kier alpha value is -2.92. The molecule has 1 amide bonds. The van der Waals surface area contributed by atoms with Gasteiger partial charge in [0.1, 0.15) is 11.5 Å². The summed E-state index contributed by atoms with van der Waals surface area (Å²) in [6.07, 6.45) is -4.86. The lowest BCUT2D eigenvalue weighted by atomic mass is 9.96. The molecule has 3 N–H and O–H groups in total. The van der Waals surface area contributed by atoms with Crippen molar-refractivity contribution in [3.63, 3.8) is 0 Å². The summed E-state index contributed by atoms with van der Waals surface area (Å²) in [6, 6.07) is 1.02. The minimum Gasteiger partial charge on any atom is -0.481 e. The van der Waals surface area contributed by atoms with E-state index >= 15 is 0 Å². The number of rotatable bonds is 3. The molecule has 1 heterocycles. The van der Waals surface area contributed by atoms with Gasteiger partial charge in [-0.3, -0.25) is 19.7 Å². The molecular weight excluding hydrogens is 354 g/mol. The van der Waals surface area contributed by atoms with E-state index in [4.69, 9.17) is 10.8 Å². The van der Waals surface area contributed by atoms with E-state index in [0.29, 0.717) is 17.0 Å². The number of halogens is 4. The Balaban J connectivity index is 2.39. The number of nitrogens with two attached hydrogens (primary N) is 1. The number of likely N-dealkylation sites (tertiary alicyclic amines) is 1. The predicted molar refractivity (Wildman–Crippen MR) is 74.0 cm³/mol. The van der Waals surface area contributed by atoms with Crippen LogP contribution in [0.4, 0.5) is 28.9 Å². The molecule has 1 aromatic carbocycles. The number of aliphatic carboxylic acids is 1. The number of hydrogen-bond acceptors (Lipinski definition) is 5. The smallest absolute Gasteiger partial charge is 0.394 e. The summed E-state index contributed by atoms with van der Waals surface area (Å²) in [5, 5.41) is 19.7. The summed E-state index contributed by atoms with van der Waals surface area (Å²) < 4.78 is 52.3. The van der Waals surface area contributed by atoms with Gasteiger partial charge in [0.2, 0.25) is 0 Å². The fraction of sp³-hybridized carbons (Fsp3) is 0.385. The van der Waals surface area contributed by atoms with Crippen molar-refractivity contribution in [3.8, 4) is 0 Å². The molecule has 0 aromatic heterocycles.